The third kappa shape index (κ3) is 2.83. The van der Waals surface area contributed by atoms with Gasteiger partial charge in [-0.05, 0) is 40.3 Å². The van der Waals surface area contributed by atoms with Crippen LogP contribution in [0.5, 0.6) is 0 Å². The van der Waals surface area contributed by atoms with E-state index in [0.717, 1.165) is 13.1 Å². The molecule has 0 saturated carbocycles. The lowest BCUT2D eigenvalue weighted by Crippen LogP contribution is -2.42. The minimum atomic E-state index is 0.0365. The number of hydrogen-bond acceptors (Lipinski definition) is 3. The molecular formula is C13H18BrN3O. The van der Waals surface area contributed by atoms with Crippen LogP contribution in [0, 0.1) is 11.8 Å². The Morgan fingerprint density at radius 3 is 2.67 bits per heavy atom. The van der Waals surface area contributed by atoms with Crippen molar-refractivity contribution in [3.8, 4) is 0 Å². The maximum Gasteiger partial charge on any atom is 0.255 e. The van der Waals surface area contributed by atoms with Gasteiger partial charge in [-0.3, -0.25) is 4.79 Å². The molecule has 5 heteroatoms. The highest BCUT2D eigenvalue weighted by Crippen LogP contribution is 2.25. The summed E-state index contributed by atoms with van der Waals surface area (Å²) in [4.78, 5) is 18.3. The third-order valence-corrected chi connectivity index (χ3v) is 3.89. The van der Waals surface area contributed by atoms with Gasteiger partial charge in [-0.15, -0.1) is 0 Å². The first-order valence-electron chi connectivity index (χ1n) is 6.17. The molecular weight excluding hydrogens is 294 g/mol. The third-order valence-electron chi connectivity index (χ3n) is 3.26. The van der Waals surface area contributed by atoms with Crippen molar-refractivity contribution in [3.05, 3.63) is 22.3 Å². The van der Waals surface area contributed by atoms with Gasteiger partial charge in [0.25, 0.3) is 5.91 Å². The van der Waals surface area contributed by atoms with E-state index in [4.69, 9.17) is 5.73 Å². The van der Waals surface area contributed by atoms with Gasteiger partial charge in [0.1, 0.15) is 5.82 Å². The number of nitrogens with two attached hydrogens (primary N) is 1. The number of carbonyl (C=O) groups excluding carboxylic acids is 1. The topological polar surface area (TPSA) is 59.2 Å². The molecule has 1 aliphatic heterocycles. The molecule has 0 spiro atoms. The summed E-state index contributed by atoms with van der Waals surface area (Å²) in [6, 6.07) is 1.64. The molecule has 18 heavy (non-hydrogen) atoms. The number of aromatic nitrogens is 1. The Morgan fingerprint density at radius 1 is 1.44 bits per heavy atom. The highest BCUT2D eigenvalue weighted by Gasteiger charge is 2.27. The van der Waals surface area contributed by atoms with Gasteiger partial charge in [0.2, 0.25) is 0 Å². The van der Waals surface area contributed by atoms with E-state index in [9.17, 15) is 4.79 Å². The number of nitrogens with zero attached hydrogens (tertiary/aromatic N) is 2. The summed E-state index contributed by atoms with van der Waals surface area (Å²) >= 11 is 3.36. The minimum Gasteiger partial charge on any atom is -0.384 e. The summed E-state index contributed by atoms with van der Waals surface area (Å²) in [6.45, 7) is 6.01. The van der Waals surface area contributed by atoms with Crippen LogP contribution in [0.25, 0.3) is 0 Å². The van der Waals surface area contributed by atoms with Gasteiger partial charge in [0.15, 0.2) is 0 Å². The minimum absolute atomic E-state index is 0.0365. The summed E-state index contributed by atoms with van der Waals surface area (Å²) in [6.07, 6.45) is 2.77. The van der Waals surface area contributed by atoms with Crippen LogP contribution >= 0.6 is 15.9 Å². The zero-order valence-corrected chi connectivity index (χ0v) is 12.3. The Hall–Kier alpha value is -1.10. The lowest BCUT2D eigenvalue weighted by atomic mass is 9.91. The van der Waals surface area contributed by atoms with Crippen molar-refractivity contribution in [2.24, 2.45) is 11.8 Å². The zero-order valence-electron chi connectivity index (χ0n) is 10.7. The first-order valence-corrected chi connectivity index (χ1v) is 6.97. The van der Waals surface area contributed by atoms with Gasteiger partial charge in [-0.1, -0.05) is 13.8 Å². The SMILES string of the molecule is CC1CC(C)CN(C(=O)c2cc(N)ncc2Br)C1. The van der Waals surface area contributed by atoms with Crippen molar-refractivity contribution >= 4 is 27.7 Å². The van der Waals surface area contributed by atoms with E-state index in [1.807, 2.05) is 4.90 Å². The number of pyridine rings is 1. The molecule has 1 amide bonds. The predicted molar refractivity (Wildman–Crippen MR) is 75.2 cm³/mol. The lowest BCUT2D eigenvalue weighted by Gasteiger charge is -2.35. The Morgan fingerprint density at radius 2 is 2.06 bits per heavy atom. The molecule has 1 aromatic rings. The number of nitrogen functional groups attached to an aromatic ring is 1. The molecule has 2 heterocycles. The van der Waals surface area contributed by atoms with Crippen LogP contribution in [0.2, 0.25) is 0 Å². The number of piperidine rings is 1. The van der Waals surface area contributed by atoms with Crippen molar-refractivity contribution in [1.29, 1.82) is 0 Å². The fourth-order valence-corrected chi connectivity index (χ4v) is 3.00. The number of amides is 1. The Labute approximate surface area is 116 Å². The van der Waals surface area contributed by atoms with Crippen LogP contribution in [0.3, 0.4) is 0 Å². The second-order valence-electron chi connectivity index (χ2n) is 5.25. The number of carbonyl (C=O) groups is 1. The molecule has 2 rings (SSSR count). The molecule has 1 saturated heterocycles. The van der Waals surface area contributed by atoms with E-state index in [-0.39, 0.29) is 5.91 Å². The zero-order chi connectivity index (χ0) is 13.3. The van der Waals surface area contributed by atoms with Crippen LogP contribution in [0.15, 0.2) is 16.7 Å². The highest BCUT2D eigenvalue weighted by molar-refractivity contribution is 9.10. The van der Waals surface area contributed by atoms with Crippen LogP contribution < -0.4 is 5.73 Å². The smallest absolute Gasteiger partial charge is 0.255 e. The average Bonchev–Trinajstić information content (AvgIpc) is 2.30. The van der Waals surface area contributed by atoms with Crippen molar-refractivity contribution in [3.63, 3.8) is 0 Å². The second kappa shape index (κ2) is 5.26. The maximum atomic E-state index is 12.5. The summed E-state index contributed by atoms with van der Waals surface area (Å²) in [5.74, 6) is 1.51. The van der Waals surface area contributed by atoms with Crippen molar-refractivity contribution in [2.75, 3.05) is 18.8 Å². The van der Waals surface area contributed by atoms with Crippen LogP contribution in [-0.2, 0) is 0 Å². The molecule has 98 valence electrons. The molecule has 1 fully saturated rings. The fraction of sp³-hybridized carbons (Fsp3) is 0.538. The summed E-state index contributed by atoms with van der Waals surface area (Å²) < 4.78 is 0.701. The second-order valence-corrected chi connectivity index (χ2v) is 6.10. The van der Waals surface area contributed by atoms with Crippen molar-refractivity contribution < 1.29 is 4.79 Å². The summed E-state index contributed by atoms with van der Waals surface area (Å²) in [5.41, 5.74) is 6.25. The Kier molecular flexibility index (Phi) is 3.90. The lowest BCUT2D eigenvalue weighted by molar-refractivity contribution is 0.0622. The quantitative estimate of drug-likeness (QED) is 0.867. The molecule has 2 unspecified atom stereocenters. The Bertz CT molecular complexity index is 454. The molecule has 0 bridgehead atoms. The fourth-order valence-electron chi connectivity index (χ4n) is 2.62. The number of hydrogen-bond donors (Lipinski definition) is 1. The van der Waals surface area contributed by atoms with E-state index in [1.54, 1.807) is 12.3 Å². The molecule has 0 radical (unpaired) electrons. The molecule has 1 aromatic heterocycles. The van der Waals surface area contributed by atoms with E-state index < -0.39 is 0 Å². The normalized spacial score (nSPS) is 24.1. The summed E-state index contributed by atoms with van der Waals surface area (Å²) in [7, 11) is 0. The average molecular weight is 312 g/mol. The maximum absolute atomic E-state index is 12.5. The van der Waals surface area contributed by atoms with Crippen LogP contribution in [0.1, 0.15) is 30.6 Å². The number of likely N-dealkylation sites (tertiary alicyclic amines) is 1. The first-order chi connectivity index (χ1) is 8.47. The van der Waals surface area contributed by atoms with E-state index >= 15 is 0 Å². The molecule has 2 atom stereocenters. The molecule has 0 aromatic carbocycles. The predicted octanol–water partition coefficient (Wildman–Crippen LogP) is 2.54. The molecule has 1 aliphatic rings. The van der Waals surface area contributed by atoms with Gasteiger partial charge in [-0.25, -0.2) is 4.98 Å². The number of rotatable bonds is 1. The van der Waals surface area contributed by atoms with Gasteiger partial charge >= 0.3 is 0 Å². The van der Waals surface area contributed by atoms with Gasteiger partial charge in [0.05, 0.1) is 5.56 Å². The molecule has 4 nitrogen and oxygen atoms in total. The Balaban J connectivity index is 2.22. The number of halogens is 1. The first kappa shape index (κ1) is 13.3. The van der Waals surface area contributed by atoms with Crippen molar-refractivity contribution in [2.45, 2.75) is 20.3 Å². The van der Waals surface area contributed by atoms with E-state index in [0.29, 0.717) is 27.7 Å². The highest BCUT2D eigenvalue weighted by atomic mass is 79.9. The molecule has 2 N–H and O–H groups in total. The number of anilines is 1. The van der Waals surface area contributed by atoms with Crippen LogP contribution in [0.4, 0.5) is 5.82 Å². The largest absolute Gasteiger partial charge is 0.384 e. The van der Waals surface area contributed by atoms with E-state index in [2.05, 4.69) is 34.8 Å². The van der Waals surface area contributed by atoms with E-state index in [1.165, 1.54) is 6.42 Å². The summed E-state index contributed by atoms with van der Waals surface area (Å²) in [5, 5.41) is 0. The monoisotopic (exact) mass is 311 g/mol. The molecule has 0 aliphatic carbocycles. The van der Waals surface area contributed by atoms with Gasteiger partial charge in [0, 0.05) is 23.8 Å². The van der Waals surface area contributed by atoms with Crippen LogP contribution in [-0.4, -0.2) is 28.9 Å². The standard InChI is InChI=1S/C13H18BrN3O/c1-8-3-9(2)7-17(6-8)13(18)10-4-12(15)16-5-11(10)14/h4-5,8-9H,3,6-7H2,1-2H3,(H2,15,16). The van der Waals surface area contributed by atoms with Gasteiger partial charge in [-0.2, -0.15) is 0 Å². The van der Waals surface area contributed by atoms with Gasteiger partial charge < -0.3 is 10.6 Å². The van der Waals surface area contributed by atoms with Crippen molar-refractivity contribution in [1.82, 2.24) is 9.88 Å².